The smallest absolute Gasteiger partial charge is 0.305 e. The van der Waals surface area contributed by atoms with E-state index in [-0.39, 0.29) is 53.2 Å². The molecule has 8 atom stereocenters. The Bertz CT molecular complexity index is 465. The Morgan fingerprint density at radius 1 is 1.50 bits per heavy atom. The van der Waals surface area contributed by atoms with Crippen molar-refractivity contribution in [1.82, 2.24) is 0 Å². The number of aliphatic hydroxyl groups excluding tert-OH is 2. The first-order valence-electron chi connectivity index (χ1n) is 7.47. The van der Waals surface area contributed by atoms with Crippen LogP contribution in [0.5, 0.6) is 0 Å². The minimum absolute atomic E-state index is 0.0255. The van der Waals surface area contributed by atoms with Gasteiger partial charge in [0.25, 0.3) is 0 Å². The average Bonchev–Trinajstić information content (AvgIpc) is 3.02. The summed E-state index contributed by atoms with van der Waals surface area (Å²) < 4.78 is 10.8. The average molecular weight is 282 g/mol. The molecule has 5 heteroatoms. The second-order valence-electron chi connectivity index (χ2n) is 7.35. The standard InChI is InChI=1S/C15H22O5/c1-14-5-15(14)6-20-13-11(14)7(3-9(17)19-2)10(12(13)18)8(15)4-16/h7-8,10-13,16,18H,3-6H2,1-2H3. The highest BCUT2D eigenvalue weighted by Crippen LogP contribution is 2.83. The van der Waals surface area contributed by atoms with Crippen molar-refractivity contribution in [2.24, 2.45) is 34.5 Å². The number of rotatable bonds is 3. The van der Waals surface area contributed by atoms with Crippen LogP contribution in [0.4, 0.5) is 0 Å². The molecule has 4 rings (SSSR count). The Morgan fingerprint density at radius 2 is 2.25 bits per heavy atom. The van der Waals surface area contributed by atoms with Crippen molar-refractivity contribution in [2.45, 2.75) is 32.0 Å². The van der Waals surface area contributed by atoms with E-state index in [1.807, 2.05) is 0 Å². The fourth-order valence-corrected chi connectivity index (χ4v) is 6.13. The molecule has 3 saturated carbocycles. The predicted octanol–water partition coefficient (Wildman–Crippen LogP) is 0.190. The van der Waals surface area contributed by atoms with Crippen LogP contribution in [0.3, 0.4) is 0 Å². The van der Waals surface area contributed by atoms with E-state index in [1.165, 1.54) is 7.11 Å². The largest absolute Gasteiger partial charge is 0.469 e. The molecule has 1 saturated heterocycles. The van der Waals surface area contributed by atoms with Crippen LogP contribution < -0.4 is 0 Å². The molecule has 0 spiro atoms. The zero-order valence-corrected chi connectivity index (χ0v) is 11.9. The fraction of sp³-hybridized carbons (Fsp3) is 0.933. The number of fused-ring (bicyclic) bond motifs is 1. The zero-order valence-electron chi connectivity index (χ0n) is 11.9. The van der Waals surface area contributed by atoms with Gasteiger partial charge >= 0.3 is 5.97 Å². The minimum atomic E-state index is -0.559. The van der Waals surface area contributed by atoms with Gasteiger partial charge in [0.2, 0.25) is 0 Å². The number of hydrogen-bond donors (Lipinski definition) is 2. The number of ether oxygens (including phenoxy) is 2. The molecule has 4 aliphatic rings. The Hall–Kier alpha value is -0.650. The molecule has 0 aromatic carbocycles. The second-order valence-corrected chi connectivity index (χ2v) is 7.35. The van der Waals surface area contributed by atoms with Gasteiger partial charge in [-0.25, -0.2) is 0 Å². The summed E-state index contributed by atoms with van der Waals surface area (Å²) >= 11 is 0. The SMILES string of the molecule is COC(=O)CC1C2C(O)C3OCC4(CC4(C)C13)C2CO. The van der Waals surface area contributed by atoms with Crippen molar-refractivity contribution in [3.05, 3.63) is 0 Å². The summed E-state index contributed by atoms with van der Waals surface area (Å²) in [7, 11) is 1.40. The number of aliphatic hydroxyl groups is 2. The van der Waals surface area contributed by atoms with E-state index in [4.69, 9.17) is 9.47 Å². The van der Waals surface area contributed by atoms with Crippen LogP contribution in [-0.4, -0.2) is 48.7 Å². The molecule has 8 unspecified atom stereocenters. The summed E-state index contributed by atoms with van der Waals surface area (Å²) in [6.07, 6.45) is 0.640. The van der Waals surface area contributed by atoms with E-state index in [0.717, 1.165) is 6.42 Å². The van der Waals surface area contributed by atoms with Crippen LogP contribution in [-0.2, 0) is 14.3 Å². The Balaban J connectivity index is 1.76. The first kappa shape index (κ1) is 13.0. The van der Waals surface area contributed by atoms with Gasteiger partial charge in [-0.15, -0.1) is 0 Å². The highest BCUT2D eigenvalue weighted by molar-refractivity contribution is 5.69. The highest BCUT2D eigenvalue weighted by Gasteiger charge is 2.83. The van der Waals surface area contributed by atoms with Gasteiger partial charge in [0, 0.05) is 18.4 Å². The fourth-order valence-electron chi connectivity index (χ4n) is 6.13. The van der Waals surface area contributed by atoms with Gasteiger partial charge in [-0.1, -0.05) is 6.92 Å². The lowest BCUT2D eigenvalue weighted by Crippen LogP contribution is -2.49. The third-order valence-electron chi connectivity index (χ3n) is 7.01. The summed E-state index contributed by atoms with van der Waals surface area (Å²) in [5.74, 6) is 0.0682. The third-order valence-corrected chi connectivity index (χ3v) is 7.01. The van der Waals surface area contributed by atoms with Crippen LogP contribution in [0.1, 0.15) is 19.8 Å². The van der Waals surface area contributed by atoms with Crippen molar-refractivity contribution in [2.75, 3.05) is 20.3 Å². The maximum absolute atomic E-state index is 11.7. The molecule has 0 aromatic heterocycles. The Labute approximate surface area is 118 Å². The van der Waals surface area contributed by atoms with E-state index < -0.39 is 6.10 Å². The first-order chi connectivity index (χ1) is 9.50. The van der Waals surface area contributed by atoms with Crippen LogP contribution >= 0.6 is 0 Å². The van der Waals surface area contributed by atoms with E-state index >= 15 is 0 Å². The Morgan fingerprint density at radius 3 is 2.90 bits per heavy atom. The van der Waals surface area contributed by atoms with Crippen LogP contribution in [0.2, 0.25) is 0 Å². The second kappa shape index (κ2) is 3.76. The van der Waals surface area contributed by atoms with E-state index in [9.17, 15) is 15.0 Å². The van der Waals surface area contributed by atoms with E-state index in [2.05, 4.69) is 6.92 Å². The molecule has 4 fully saturated rings. The van der Waals surface area contributed by atoms with Gasteiger partial charge in [0.1, 0.15) is 0 Å². The lowest BCUT2D eigenvalue weighted by atomic mass is 9.60. The van der Waals surface area contributed by atoms with E-state index in [0.29, 0.717) is 13.0 Å². The van der Waals surface area contributed by atoms with Gasteiger partial charge in [-0.3, -0.25) is 4.79 Å². The molecule has 1 heterocycles. The molecule has 3 aliphatic carbocycles. The van der Waals surface area contributed by atoms with Crippen molar-refractivity contribution >= 4 is 5.97 Å². The first-order valence-corrected chi connectivity index (χ1v) is 7.47. The molecule has 3 bridgehead atoms. The van der Waals surface area contributed by atoms with E-state index in [1.54, 1.807) is 0 Å². The van der Waals surface area contributed by atoms with Gasteiger partial charge in [0.15, 0.2) is 0 Å². The summed E-state index contributed by atoms with van der Waals surface area (Å²) in [5, 5.41) is 20.5. The maximum Gasteiger partial charge on any atom is 0.305 e. The summed E-state index contributed by atoms with van der Waals surface area (Å²) in [5.41, 5.74) is 0.133. The maximum atomic E-state index is 11.7. The van der Waals surface area contributed by atoms with Crippen molar-refractivity contribution < 1.29 is 24.5 Å². The van der Waals surface area contributed by atoms with Crippen LogP contribution in [0.25, 0.3) is 0 Å². The molecule has 0 radical (unpaired) electrons. The molecule has 20 heavy (non-hydrogen) atoms. The molecule has 1 aliphatic heterocycles. The number of hydrogen-bond acceptors (Lipinski definition) is 5. The number of methoxy groups -OCH3 is 1. The topological polar surface area (TPSA) is 76.0 Å². The van der Waals surface area contributed by atoms with Crippen LogP contribution in [0.15, 0.2) is 0 Å². The molecular weight excluding hydrogens is 260 g/mol. The van der Waals surface area contributed by atoms with Crippen molar-refractivity contribution in [3.63, 3.8) is 0 Å². The van der Waals surface area contributed by atoms with Gasteiger partial charge in [-0.05, 0) is 35.5 Å². The predicted molar refractivity (Wildman–Crippen MR) is 68.6 cm³/mol. The minimum Gasteiger partial charge on any atom is -0.469 e. The molecule has 5 nitrogen and oxygen atoms in total. The highest BCUT2D eigenvalue weighted by atomic mass is 16.5. The van der Waals surface area contributed by atoms with Crippen molar-refractivity contribution in [3.8, 4) is 0 Å². The molecular formula is C15H22O5. The number of carbonyl (C=O) groups excluding carboxylic acids is 1. The third kappa shape index (κ3) is 1.19. The quantitative estimate of drug-likeness (QED) is 0.723. The van der Waals surface area contributed by atoms with Crippen molar-refractivity contribution in [1.29, 1.82) is 0 Å². The summed E-state index contributed by atoms with van der Waals surface area (Å²) in [6, 6.07) is 0. The number of esters is 1. The number of carbonyl (C=O) groups is 1. The lowest BCUT2D eigenvalue weighted by molar-refractivity contribution is -0.150. The molecule has 2 N–H and O–H groups in total. The summed E-state index contributed by atoms with van der Waals surface area (Å²) in [6.45, 7) is 2.96. The molecule has 112 valence electrons. The normalized spacial score (nSPS) is 58.4. The van der Waals surface area contributed by atoms with Gasteiger partial charge in [-0.2, -0.15) is 0 Å². The Kier molecular flexibility index (Phi) is 2.45. The monoisotopic (exact) mass is 282 g/mol. The van der Waals surface area contributed by atoms with Gasteiger partial charge < -0.3 is 19.7 Å². The van der Waals surface area contributed by atoms with Crippen LogP contribution in [0, 0.1) is 34.5 Å². The molecule has 0 aromatic rings. The molecule has 0 amide bonds. The summed E-state index contributed by atoms with van der Waals surface area (Å²) in [4.78, 5) is 11.7. The zero-order chi connectivity index (χ0) is 14.3. The van der Waals surface area contributed by atoms with Gasteiger partial charge in [0.05, 0.1) is 25.9 Å². The lowest BCUT2D eigenvalue weighted by Gasteiger charge is -2.47.